The number of rotatable bonds is 6. The van der Waals surface area contributed by atoms with E-state index in [2.05, 4.69) is 0 Å². The fourth-order valence-electron chi connectivity index (χ4n) is 3.47. The van der Waals surface area contributed by atoms with Crippen molar-refractivity contribution in [2.45, 2.75) is 11.8 Å². The van der Waals surface area contributed by atoms with E-state index in [-0.39, 0.29) is 47.7 Å². The van der Waals surface area contributed by atoms with Crippen LogP contribution >= 0.6 is 11.6 Å². The Kier molecular flexibility index (Phi) is 6.91. The van der Waals surface area contributed by atoms with Gasteiger partial charge in [-0.1, -0.05) is 17.7 Å². The average molecular weight is 484 g/mol. The van der Waals surface area contributed by atoms with Gasteiger partial charge in [0.05, 0.1) is 29.1 Å². The number of nitro benzene ring substituents is 1. The van der Waals surface area contributed by atoms with Gasteiger partial charge in [0.15, 0.2) is 11.5 Å². The molecule has 0 spiro atoms. The van der Waals surface area contributed by atoms with Crippen LogP contribution in [0.25, 0.3) is 0 Å². The third-order valence-corrected chi connectivity index (χ3v) is 7.53. The van der Waals surface area contributed by atoms with Crippen molar-refractivity contribution in [3.05, 3.63) is 56.6 Å². The van der Waals surface area contributed by atoms with Crippen molar-refractivity contribution in [3.8, 4) is 11.5 Å². The van der Waals surface area contributed by atoms with Gasteiger partial charge in [0, 0.05) is 43.9 Å². The van der Waals surface area contributed by atoms with Crippen LogP contribution in [-0.4, -0.2) is 68.9 Å². The topological polar surface area (TPSA) is 119 Å². The van der Waals surface area contributed by atoms with E-state index in [0.29, 0.717) is 22.6 Å². The second kappa shape index (κ2) is 9.31. The standard InChI is InChI=1S/C20H22ClN3O7S/c1-13-4-5-15(24(26)27)12-18(13)32(28,29)23-8-6-22(7-9-23)20(25)14-10-16(21)19(31-3)17(11-14)30-2/h4-5,10-12H,6-9H2,1-3H3. The molecule has 0 saturated carbocycles. The lowest BCUT2D eigenvalue weighted by Crippen LogP contribution is -2.50. The number of amides is 1. The van der Waals surface area contributed by atoms with E-state index in [1.807, 2.05) is 0 Å². The lowest BCUT2D eigenvalue weighted by Gasteiger charge is -2.34. The van der Waals surface area contributed by atoms with Gasteiger partial charge >= 0.3 is 0 Å². The summed E-state index contributed by atoms with van der Waals surface area (Å²) in [4.78, 5) is 24.8. The summed E-state index contributed by atoms with van der Waals surface area (Å²) in [5, 5.41) is 11.3. The molecule has 0 bridgehead atoms. The van der Waals surface area contributed by atoms with Gasteiger partial charge < -0.3 is 14.4 Å². The zero-order valence-corrected chi connectivity index (χ0v) is 19.3. The SMILES string of the molecule is COc1cc(C(=O)N2CCN(S(=O)(=O)c3cc([N+](=O)[O-])ccc3C)CC2)cc(Cl)c1OC. The van der Waals surface area contributed by atoms with Gasteiger partial charge in [-0.15, -0.1) is 0 Å². The highest BCUT2D eigenvalue weighted by molar-refractivity contribution is 7.89. The fourth-order valence-corrected chi connectivity index (χ4v) is 5.43. The van der Waals surface area contributed by atoms with Crippen molar-refractivity contribution in [1.82, 2.24) is 9.21 Å². The van der Waals surface area contributed by atoms with Crippen LogP contribution in [-0.2, 0) is 10.0 Å². The number of nitro groups is 1. The highest BCUT2D eigenvalue weighted by Crippen LogP contribution is 2.36. The molecular weight excluding hydrogens is 462 g/mol. The summed E-state index contributed by atoms with van der Waals surface area (Å²) in [6, 6.07) is 6.72. The summed E-state index contributed by atoms with van der Waals surface area (Å²) in [5.74, 6) is 0.302. The van der Waals surface area contributed by atoms with Crippen molar-refractivity contribution < 1.29 is 27.6 Å². The van der Waals surface area contributed by atoms with E-state index in [0.717, 1.165) is 6.07 Å². The molecule has 0 radical (unpaired) electrons. The van der Waals surface area contributed by atoms with Gasteiger partial charge in [-0.2, -0.15) is 4.31 Å². The Morgan fingerprint density at radius 1 is 1.09 bits per heavy atom. The molecule has 0 atom stereocenters. The Morgan fingerprint density at radius 3 is 2.31 bits per heavy atom. The number of non-ortho nitro benzene ring substituents is 1. The number of ether oxygens (including phenoxy) is 2. The highest BCUT2D eigenvalue weighted by Gasteiger charge is 2.32. The predicted molar refractivity (Wildman–Crippen MR) is 117 cm³/mol. The molecule has 1 fully saturated rings. The molecule has 172 valence electrons. The molecule has 12 heteroatoms. The summed E-state index contributed by atoms with van der Waals surface area (Å²) in [6.45, 7) is 1.99. The van der Waals surface area contributed by atoms with Gasteiger partial charge in [0.1, 0.15) is 0 Å². The van der Waals surface area contributed by atoms with Crippen LogP contribution in [0.1, 0.15) is 15.9 Å². The van der Waals surface area contributed by atoms with Crippen molar-refractivity contribution in [1.29, 1.82) is 0 Å². The molecule has 1 aliphatic heterocycles. The van der Waals surface area contributed by atoms with E-state index >= 15 is 0 Å². The maximum Gasteiger partial charge on any atom is 0.270 e. The largest absolute Gasteiger partial charge is 0.493 e. The number of methoxy groups -OCH3 is 2. The van der Waals surface area contributed by atoms with Gasteiger partial charge in [0.25, 0.3) is 11.6 Å². The predicted octanol–water partition coefficient (Wildman–Crippen LogP) is 2.72. The van der Waals surface area contributed by atoms with E-state index in [9.17, 15) is 23.3 Å². The molecule has 1 saturated heterocycles. The third-order valence-electron chi connectivity index (χ3n) is 5.21. The van der Waals surface area contributed by atoms with Crippen LogP contribution in [0.4, 0.5) is 5.69 Å². The molecule has 2 aromatic carbocycles. The maximum atomic E-state index is 13.1. The lowest BCUT2D eigenvalue weighted by atomic mass is 10.1. The molecular formula is C20H22ClN3O7S. The number of benzene rings is 2. The van der Waals surface area contributed by atoms with Crippen LogP contribution in [0.5, 0.6) is 11.5 Å². The summed E-state index contributed by atoms with van der Waals surface area (Å²) in [6.07, 6.45) is 0. The van der Waals surface area contributed by atoms with Gasteiger partial charge in [-0.3, -0.25) is 14.9 Å². The fraction of sp³-hybridized carbons (Fsp3) is 0.350. The summed E-state index contributed by atoms with van der Waals surface area (Å²) in [5.41, 5.74) is 0.404. The van der Waals surface area contributed by atoms with E-state index in [4.69, 9.17) is 21.1 Å². The first-order valence-corrected chi connectivity index (χ1v) is 11.4. The zero-order chi connectivity index (χ0) is 23.6. The monoisotopic (exact) mass is 483 g/mol. The van der Waals surface area contributed by atoms with Crippen LogP contribution in [0.2, 0.25) is 5.02 Å². The number of piperazine rings is 1. The molecule has 0 aromatic heterocycles. The molecule has 32 heavy (non-hydrogen) atoms. The number of halogens is 1. The molecule has 1 heterocycles. The van der Waals surface area contributed by atoms with Crippen LogP contribution in [0, 0.1) is 17.0 Å². The molecule has 1 amide bonds. The Balaban J connectivity index is 1.78. The minimum atomic E-state index is -3.96. The Bertz CT molecular complexity index is 1160. The van der Waals surface area contributed by atoms with Gasteiger partial charge in [-0.25, -0.2) is 8.42 Å². The van der Waals surface area contributed by atoms with Crippen molar-refractivity contribution in [3.63, 3.8) is 0 Å². The molecule has 0 unspecified atom stereocenters. The number of aryl methyl sites for hydroxylation is 1. The Morgan fingerprint density at radius 2 is 1.75 bits per heavy atom. The first kappa shape index (κ1) is 23.8. The first-order chi connectivity index (χ1) is 15.1. The number of hydrogen-bond acceptors (Lipinski definition) is 7. The van der Waals surface area contributed by atoms with E-state index < -0.39 is 14.9 Å². The van der Waals surface area contributed by atoms with Crippen LogP contribution in [0.15, 0.2) is 35.2 Å². The molecule has 1 aliphatic rings. The van der Waals surface area contributed by atoms with Crippen molar-refractivity contribution >= 4 is 33.2 Å². The summed E-state index contributed by atoms with van der Waals surface area (Å²) < 4.78 is 37.8. The number of carbonyl (C=O) groups excluding carboxylic acids is 1. The molecule has 2 aromatic rings. The van der Waals surface area contributed by atoms with Crippen LogP contribution < -0.4 is 9.47 Å². The Hall–Kier alpha value is -2.89. The highest BCUT2D eigenvalue weighted by atomic mass is 35.5. The third kappa shape index (κ3) is 4.50. The van der Waals surface area contributed by atoms with Gasteiger partial charge in [0.2, 0.25) is 10.0 Å². The molecule has 10 nitrogen and oxygen atoms in total. The quantitative estimate of drug-likeness (QED) is 0.457. The lowest BCUT2D eigenvalue weighted by molar-refractivity contribution is -0.385. The number of hydrogen-bond donors (Lipinski definition) is 0. The maximum absolute atomic E-state index is 13.1. The minimum absolute atomic E-state index is 0.0528. The normalized spacial score (nSPS) is 14.8. The number of nitrogens with zero attached hydrogens (tertiary/aromatic N) is 3. The zero-order valence-electron chi connectivity index (χ0n) is 17.7. The Labute approximate surface area is 190 Å². The molecule has 0 N–H and O–H groups in total. The summed E-state index contributed by atoms with van der Waals surface area (Å²) in [7, 11) is -1.08. The molecule has 3 rings (SSSR count). The second-order valence-corrected chi connectivity index (χ2v) is 9.41. The molecule has 0 aliphatic carbocycles. The summed E-state index contributed by atoms with van der Waals surface area (Å²) >= 11 is 6.19. The minimum Gasteiger partial charge on any atom is -0.493 e. The van der Waals surface area contributed by atoms with E-state index in [1.165, 1.54) is 47.7 Å². The first-order valence-electron chi connectivity index (χ1n) is 9.56. The number of sulfonamides is 1. The van der Waals surface area contributed by atoms with Crippen molar-refractivity contribution in [2.24, 2.45) is 0 Å². The second-order valence-electron chi connectivity index (χ2n) is 7.10. The van der Waals surface area contributed by atoms with Gasteiger partial charge in [-0.05, 0) is 24.6 Å². The average Bonchev–Trinajstić information content (AvgIpc) is 2.78. The van der Waals surface area contributed by atoms with E-state index in [1.54, 1.807) is 6.92 Å². The van der Waals surface area contributed by atoms with Crippen molar-refractivity contribution in [2.75, 3.05) is 40.4 Å². The van der Waals surface area contributed by atoms with Crippen LogP contribution in [0.3, 0.4) is 0 Å². The number of carbonyl (C=O) groups is 1. The smallest absolute Gasteiger partial charge is 0.270 e.